The number of hydrogen-bond acceptors (Lipinski definition) is 4. The van der Waals surface area contributed by atoms with Crippen LogP contribution in [0.15, 0.2) is 0 Å². The molecule has 0 spiro atoms. The van der Waals surface area contributed by atoms with E-state index in [9.17, 15) is 4.79 Å². The van der Waals surface area contributed by atoms with Crippen molar-refractivity contribution in [3.05, 3.63) is 0 Å². The van der Waals surface area contributed by atoms with E-state index in [2.05, 4.69) is 28.7 Å². The zero-order valence-corrected chi connectivity index (χ0v) is 11.1. The number of carbonyl (C=O) groups excluding carboxylic acids is 1. The van der Waals surface area contributed by atoms with Crippen molar-refractivity contribution in [2.45, 2.75) is 50.3 Å². The minimum absolute atomic E-state index is 0.104. The molecule has 2 unspecified atom stereocenters. The lowest BCUT2D eigenvalue weighted by atomic mass is 10.2. The van der Waals surface area contributed by atoms with Gasteiger partial charge in [-0.3, -0.25) is 4.79 Å². The molecule has 0 aliphatic heterocycles. The Labute approximate surface area is 103 Å². The van der Waals surface area contributed by atoms with Crippen LogP contribution >= 0.6 is 11.8 Å². The fourth-order valence-electron chi connectivity index (χ4n) is 2.15. The smallest absolute Gasteiger partial charge is 0.305 e. The second-order valence-corrected chi connectivity index (χ2v) is 5.80. The fourth-order valence-corrected chi connectivity index (χ4v) is 3.30. The van der Waals surface area contributed by atoms with Gasteiger partial charge in [-0.25, -0.2) is 0 Å². The first-order valence-electron chi connectivity index (χ1n) is 6.18. The van der Waals surface area contributed by atoms with Gasteiger partial charge in [0.1, 0.15) is 0 Å². The summed E-state index contributed by atoms with van der Waals surface area (Å²) < 4.78 is 4.60. The van der Waals surface area contributed by atoms with Crippen LogP contribution in [0, 0.1) is 0 Å². The van der Waals surface area contributed by atoms with Gasteiger partial charge in [0.05, 0.1) is 7.11 Å². The van der Waals surface area contributed by atoms with Gasteiger partial charge in [0, 0.05) is 17.7 Å². The van der Waals surface area contributed by atoms with Crippen LogP contribution in [-0.4, -0.2) is 36.7 Å². The van der Waals surface area contributed by atoms with E-state index >= 15 is 0 Å². The monoisotopic (exact) mass is 245 g/mol. The van der Waals surface area contributed by atoms with Crippen molar-refractivity contribution in [3.8, 4) is 0 Å². The molecule has 1 saturated carbocycles. The van der Waals surface area contributed by atoms with Crippen molar-refractivity contribution in [2.24, 2.45) is 0 Å². The van der Waals surface area contributed by atoms with E-state index in [-0.39, 0.29) is 5.97 Å². The standard InChI is InChI=1S/C12H23NO2S/c1-3-16-11-7-6-10(9-11)13-8-4-5-12(14)15-2/h10-11,13H,3-9H2,1-2H3. The van der Waals surface area contributed by atoms with Gasteiger partial charge in [0.2, 0.25) is 0 Å². The third-order valence-electron chi connectivity index (χ3n) is 3.01. The molecule has 0 bridgehead atoms. The van der Waals surface area contributed by atoms with Gasteiger partial charge >= 0.3 is 5.97 Å². The third kappa shape index (κ3) is 5.21. The van der Waals surface area contributed by atoms with E-state index in [4.69, 9.17) is 0 Å². The van der Waals surface area contributed by atoms with Gasteiger partial charge in [-0.15, -0.1) is 0 Å². The van der Waals surface area contributed by atoms with Gasteiger partial charge in [-0.2, -0.15) is 11.8 Å². The zero-order valence-electron chi connectivity index (χ0n) is 10.3. The Morgan fingerprint density at radius 3 is 3.00 bits per heavy atom. The van der Waals surface area contributed by atoms with Crippen molar-refractivity contribution < 1.29 is 9.53 Å². The molecule has 0 aromatic carbocycles. The van der Waals surface area contributed by atoms with Gasteiger partial charge < -0.3 is 10.1 Å². The molecular formula is C12H23NO2S. The highest BCUT2D eigenvalue weighted by atomic mass is 32.2. The predicted octanol–water partition coefficient (Wildman–Crippen LogP) is 2.20. The normalized spacial score (nSPS) is 24.6. The van der Waals surface area contributed by atoms with Crippen LogP contribution in [0.25, 0.3) is 0 Å². The minimum atomic E-state index is -0.104. The first-order valence-corrected chi connectivity index (χ1v) is 7.23. The summed E-state index contributed by atoms with van der Waals surface area (Å²) in [6.45, 7) is 3.16. The molecule has 0 heterocycles. The first kappa shape index (κ1) is 13.8. The second-order valence-electron chi connectivity index (χ2n) is 4.22. The molecule has 16 heavy (non-hydrogen) atoms. The van der Waals surface area contributed by atoms with Crippen LogP contribution in [0.1, 0.15) is 39.0 Å². The van der Waals surface area contributed by atoms with Gasteiger partial charge in [-0.1, -0.05) is 6.92 Å². The van der Waals surface area contributed by atoms with E-state index in [1.165, 1.54) is 32.1 Å². The molecule has 0 saturated heterocycles. The van der Waals surface area contributed by atoms with Crippen molar-refractivity contribution in [1.82, 2.24) is 5.32 Å². The summed E-state index contributed by atoms with van der Waals surface area (Å²) in [6.07, 6.45) is 5.33. The van der Waals surface area contributed by atoms with E-state index in [1.54, 1.807) is 0 Å². The Hall–Kier alpha value is -0.220. The Kier molecular flexibility index (Phi) is 6.88. The van der Waals surface area contributed by atoms with Gasteiger partial charge in [0.15, 0.2) is 0 Å². The molecule has 0 aromatic heterocycles. The lowest BCUT2D eigenvalue weighted by molar-refractivity contribution is -0.140. The lowest BCUT2D eigenvalue weighted by Crippen LogP contribution is -2.28. The van der Waals surface area contributed by atoms with Crippen molar-refractivity contribution in [1.29, 1.82) is 0 Å². The second kappa shape index (κ2) is 7.96. The Morgan fingerprint density at radius 1 is 1.50 bits per heavy atom. The van der Waals surface area contributed by atoms with E-state index in [0.717, 1.165) is 18.2 Å². The maximum Gasteiger partial charge on any atom is 0.305 e. The molecule has 94 valence electrons. The van der Waals surface area contributed by atoms with Crippen LogP contribution in [0.4, 0.5) is 0 Å². The molecule has 1 rings (SSSR count). The average Bonchev–Trinajstić information content (AvgIpc) is 2.72. The summed E-state index contributed by atoms with van der Waals surface area (Å²) in [5.74, 6) is 1.12. The summed E-state index contributed by atoms with van der Waals surface area (Å²) in [5, 5.41) is 4.38. The van der Waals surface area contributed by atoms with E-state index < -0.39 is 0 Å². The topological polar surface area (TPSA) is 38.3 Å². The number of ether oxygens (including phenoxy) is 1. The zero-order chi connectivity index (χ0) is 11.8. The number of thioether (sulfide) groups is 1. The minimum Gasteiger partial charge on any atom is -0.469 e. The maximum absolute atomic E-state index is 10.9. The number of carbonyl (C=O) groups is 1. The van der Waals surface area contributed by atoms with Crippen LogP contribution < -0.4 is 5.32 Å². The molecule has 1 aliphatic rings. The van der Waals surface area contributed by atoms with E-state index in [0.29, 0.717) is 12.5 Å². The van der Waals surface area contributed by atoms with Crippen LogP contribution in [0.2, 0.25) is 0 Å². The van der Waals surface area contributed by atoms with E-state index in [1.807, 2.05) is 0 Å². The molecule has 0 radical (unpaired) electrons. The molecule has 1 N–H and O–H groups in total. The predicted molar refractivity (Wildman–Crippen MR) is 68.8 cm³/mol. The van der Waals surface area contributed by atoms with Crippen molar-refractivity contribution >= 4 is 17.7 Å². The number of methoxy groups -OCH3 is 1. The third-order valence-corrected chi connectivity index (χ3v) is 4.24. The maximum atomic E-state index is 10.9. The number of esters is 1. The fraction of sp³-hybridized carbons (Fsp3) is 0.917. The molecular weight excluding hydrogens is 222 g/mol. The van der Waals surface area contributed by atoms with Crippen LogP contribution in [0.3, 0.4) is 0 Å². The summed E-state index contributed by atoms with van der Waals surface area (Å²) in [4.78, 5) is 10.9. The van der Waals surface area contributed by atoms with Gasteiger partial charge in [-0.05, 0) is 38.0 Å². The van der Waals surface area contributed by atoms with Gasteiger partial charge in [0.25, 0.3) is 0 Å². The summed E-state index contributed by atoms with van der Waals surface area (Å²) in [7, 11) is 1.44. The first-order chi connectivity index (χ1) is 7.76. The highest BCUT2D eigenvalue weighted by molar-refractivity contribution is 7.99. The molecule has 1 fully saturated rings. The Bertz CT molecular complexity index is 211. The molecule has 1 aliphatic carbocycles. The van der Waals surface area contributed by atoms with Crippen LogP contribution in [0.5, 0.6) is 0 Å². The van der Waals surface area contributed by atoms with Crippen LogP contribution in [-0.2, 0) is 9.53 Å². The lowest BCUT2D eigenvalue weighted by Gasteiger charge is -2.12. The number of rotatable bonds is 7. The largest absolute Gasteiger partial charge is 0.469 e. The summed E-state index contributed by atoms with van der Waals surface area (Å²) in [6, 6.07) is 0.668. The number of hydrogen-bond donors (Lipinski definition) is 1. The van der Waals surface area contributed by atoms with Crippen molar-refractivity contribution in [2.75, 3.05) is 19.4 Å². The Balaban J connectivity index is 2.00. The molecule has 0 aromatic rings. The molecule has 3 nitrogen and oxygen atoms in total. The molecule has 4 heteroatoms. The molecule has 2 atom stereocenters. The number of nitrogens with one attached hydrogen (secondary N) is 1. The quantitative estimate of drug-likeness (QED) is 0.551. The summed E-state index contributed by atoms with van der Waals surface area (Å²) >= 11 is 2.08. The SMILES string of the molecule is CCSC1CCC(NCCCC(=O)OC)C1. The van der Waals surface area contributed by atoms with Crippen molar-refractivity contribution in [3.63, 3.8) is 0 Å². The summed E-state index contributed by atoms with van der Waals surface area (Å²) in [5.41, 5.74) is 0. The highest BCUT2D eigenvalue weighted by Crippen LogP contribution is 2.29. The Morgan fingerprint density at radius 2 is 2.31 bits per heavy atom. The highest BCUT2D eigenvalue weighted by Gasteiger charge is 2.23. The molecule has 0 amide bonds. The average molecular weight is 245 g/mol.